The van der Waals surface area contributed by atoms with E-state index in [0.717, 1.165) is 73.5 Å². The van der Waals surface area contributed by atoms with Gasteiger partial charge in [-0.25, -0.2) is 4.98 Å². The van der Waals surface area contributed by atoms with Crippen LogP contribution in [0, 0.1) is 23.7 Å². The molecule has 1 aromatic carbocycles. The van der Waals surface area contributed by atoms with Gasteiger partial charge in [-0.1, -0.05) is 11.8 Å². The molecule has 0 unspecified atom stereocenters. The van der Waals surface area contributed by atoms with Crippen LogP contribution in [-0.2, 0) is 0 Å². The van der Waals surface area contributed by atoms with Crippen molar-refractivity contribution in [3.05, 3.63) is 17.7 Å². The van der Waals surface area contributed by atoms with Gasteiger partial charge in [0.1, 0.15) is 11.6 Å². The third-order valence-corrected chi connectivity index (χ3v) is 8.26. The van der Waals surface area contributed by atoms with Crippen LogP contribution < -0.4 is 15.0 Å². The van der Waals surface area contributed by atoms with Gasteiger partial charge in [-0.2, -0.15) is 4.98 Å². The van der Waals surface area contributed by atoms with Gasteiger partial charge in [0.2, 0.25) is 5.95 Å². The van der Waals surface area contributed by atoms with E-state index < -0.39 is 0 Å². The summed E-state index contributed by atoms with van der Waals surface area (Å²) in [5, 5.41) is 14.9. The largest absolute Gasteiger partial charge is 0.495 e. The number of rotatable bonds is 8. The Morgan fingerprint density at radius 2 is 2.00 bits per heavy atom. The van der Waals surface area contributed by atoms with E-state index in [4.69, 9.17) is 14.7 Å². The predicted molar refractivity (Wildman–Crippen MR) is 149 cm³/mol. The average molecular weight is 507 g/mol. The van der Waals surface area contributed by atoms with Crippen molar-refractivity contribution >= 4 is 22.7 Å². The summed E-state index contributed by atoms with van der Waals surface area (Å²) in [6, 6.07) is 5.11. The molecule has 1 saturated carbocycles. The minimum atomic E-state index is 0.105. The highest BCUT2D eigenvalue weighted by atomic mass is 16.5. The first-order valence-corrected chi connectivity index (χ1v) is 13.8. The van der Waals surface area contributed by atoms with E-state index >= 15 is 0 Å². The highest BCUT2D eigenvalue weighted by Gasteiger charge is 2.53. The first-order valence-electron chi connectivity index (χ1n) is 13.8. The van der Waals surface area contributed by atoms with Crippen molar-refractivity contribution in [2.45, 2.75) is 57.7 Å². The zero-order chi connectivity index (χ0) is 26.1. The summed E-state index contributed by atoms with van der Waals surface area (Å²) < 4.78 is 5.75. The second kappa shape index (κ2) is 11.0. The van der Waals surface area contributed by atoms with Crippen LogP contribution in [-0.4, -0.2) is 97.0 Å². The minimum absolute atomic E-state index is 0.105. The number of nitrogens with one attached hydrogen (secondary N) is 1. The average Bonchev–Trinajstić information content (AvgIpc) is 3.56. The summed E-state index contributed by atoms with van der Waals surface area (Å²) in [4.78, 5) is 17.0. The molecule has 2 aliphatic heterocycles. The van der Waals surface area contributed by atoms with Crippen molar-refractivity contribution in [2.24, 2.45) is 11.8 Å². The quantitative estimate of drug-likeness (QED) is 0.529. The summed E-state index contributed by atoms with van der Waals surface area (Å²) in [6.07, 6.45) is 4.16. The van der Waals surface area contributed by atoms with E-state index in [0.29, 0.717) is 29.9 Å². The monoisotopic (exact) mass is 506 g/mol. The van der Waals surface area contributed by atoms with E-state index in [1.165, 1.54) is 6.42 Å². The van der Waals surface area contributed by atoms with Gasteiger partial charge in [-0.05, 0) is 71.2 Å². The van der Waals surface area contributed by atoms with E-state index in [-0.39, 0.29) is 12.6 Å². The Morgan fingerprint density at radius 1 is 1.22 bits per heavy atom. The lowest BCUT2D eigenvalue weighted by Gasteiger charge is -2.35. The Morgan fingerprint density at radius 3 is 2.68 bits per heavy atom. The molecule has 0 amide bonds. The summed E-state index contributed by atoms with van der Waals surface area (Å²) in [5.74, 6) is 10.1. The van der Waals surface area contributed by atoms with Crippen molar-refractivity contribution in [3.63, 3.8) is 0 Å². The molecule has 1 aromatic heterocycles. The molecule has 37 heavy (non-hydrogen) atoms. The molecule has 8 nitrogen and oxygen atoms in total. The number of piperidine rings is 2. The molecule has 8 heteroatoms. The maximum atomic E-state index is 10.1. The Kier molecular flexibility index (Phi) is 7.75. The number of likely N-dealkylation sites (tertiary alicyclic amines) is 1. The predicted octanol–water partition coefficient (Wildman–Crippen LogP) is 3.04. The fourth-order valence-corrected chi connectivity index (χ4v) is 5.87. The topological polar surface area (TPSA) is 77.0 Å². The fourth-order valence-electron chi connectivity index (χ4n) is 5.87. The van der Waals surface area contributed by atoms with Crippen LogP contribution in [0.2, 0.25) is 0 Å². The molecule has 2 aromatic rings. The van der Waals surface area contributed by atoms with E-state index in [2.05, 4.69) is 59.8 Å². The Bertz CT molecular complexity index is 1160. The number of nitrogens with zero attached hydrogens (tertiary/aromatic N) is 5. The fraction of sp³-hybridized carbons (Fsp3) is 0.655. The molecule has 1 aliphatic carbocycles. The lowest BCUT2D eigenvalue weighted by atomic mass is 10.0. The number of aliphatic hydroxyl groups excluding tert-OH is 1. The minimum Gasteiger partial charge on any atom is -0.495 e. The van der Waals surface area contributed by atoms with E-state index in [1.807, 2.05) is 12.1 Å². The lowest BCUT2D eigenvalue weighted by Crippen LogP contribution is -2.42. The molecule has 2 N–H and O–H groups in total. The Labute approximate surface area is 221 Å². The first-order chi connectivity index (χ1) is 17.9. The molecule has 0 bridgehead atoms. The van der Waals surface area contributed by atoms with Crippen molar-refractivity contribution < 1.29 is 9.84 Å². The number of benzene rings is 1. The molecule has 3 atom stereocenters. The van der Waals surface area contributed by atoms with Gasteiger partial charge in [-0.15, -0.1) is 0 Å². The molecule has 3 aliphatic rings. The molecular formula is C29H42N6O2. The second-order valence-electron chi connectivity index (χ2n) is 11.4. The van der Waals surface area contributed by atoms with Crippen LogP contribution in [0.4, 0.5) is 11.8 Å². The molecule has 0 spiro atoms. The van der Waals surface area contributed by atoms with Crippen molar-refractivity contribution in [1.29, 1.82) is 0 Å². The van der Waals surface area contributed by atoms with Gasteiger partial charge < -0.3 is 29.9 Å². The number of methoxy groups -OCH3 is 1. The van der Waals surface area contributed by atoms with Crippen molar-refractivity contribution in [3.8, 4) is 17.6 Å². The Balaban J connectivity index is 1.49. The van der Waals surface area contributed by atoms with Crippen LogP contribution in [0.15, 0.2) is 12.1 Å². The second-order valence-corrected chi connectivity index (χ2v) is 11.4. The summed E-state index contributed by atoms with van der Waals surface area (Å²) in [7, 11) is 5.80. The van der Waals surface area contributed by atoms with Gasteiger partial charge in [0, 0.05) is 50.1 Å². The standard InChI is InChI=1S/C29H42N6O2/c1-19(2)34-12-9-22(10-13-34)30-28-24-16-27(37-5)20(8-6-7-11-33(3)4)15-25(24)31-29(32-28)35-17-21-14-23(21)26(35)18-36/h15-16,19,21-23,26,36H,7,9-14,17-18H2,1-5H3,(H,30,31,32)/t21-,23-,26-/m0/s1. The highest BCUT2D eigenvalue weighted by molar-refractivity contribution is 5.93. The zero-order valence-electron chi connectivity index (χ0n) is 23.0. The maximum absolute atomic E-state index is 10.1. The van der Waals surface area contributed by atoms with Gasteiger partial charge in [0.05, 0.1) is 30.8 Å². The van der Waals surface area contributed by atoms with Gasteiger partial charge >= 0.3 is 0 Å². The maximum Gasteiger partial charge on any atom is 0.228 e. The summed E-state index contributed by atoms with van der Waals surface area (Å²) in [6.45, 7) is 8.68. The summed E-state index contributed by atoms with van der Waals surface area (Å²) in [5.41, 5.74) is 1.71. The number of anilines is 2. The highest BCUT2D eigenvalue weighted by Crippen LogP contribution is 2.50. The SMILES string of the molecule is COc1cc2c(NC3CCN(C(C)C)CC3)nc(N3C[C@@H]4C[C@@H]4[C@@H]3CO)nc2cc1C#CCCN(C)C. The van der Waals surface area contributed by atoms with Crippen LogP contribution >= 0.6 is 0 Å². The van der Waals surface area contributed by atoms with Gasteiger partial charge in [0.15, 0.2) is 0 Å². The van der Waals surface area contributed by atoms with Gasteiger partial charge in [-0.3, -0.25) is 0 Å². The van der Waals surface area contributed by atoms with E-state index in [9.17, 15) is 5.11 Å². The van der Waals surface area contributed by atoms with Crippen molar-refractivity contribution in [1.82, 2.24) is 19.8 Å². The first kappa shape index (κ1) is 26.0. The smallest absolute Gasteiger partial charge is 0.228 e. The molecule has 3 heterocycles. The normalized spacial score (nSPS) is 23.9. The molecule has 5 rings (SSSR count). The van der Waals surface area contributed by atoms with Crippen LogP contribution in [0.25, 0.3) is 10.9 Å². The van der Waals surface area contributed by atoms with Crippen LogP contribution in [0.1, 0.15) is 45.1 Å². The number of hydrogen-bond donors (Lipinski definition) is 2. The lowest BCUT2D eigenvalue weighted by molar-refractivity contribution is 0.177. The number of hydrogen-bond acceptors (Lipinski definition) is 8. The number of ether oxygens (including phenoxy) is 1. The number of aliphatic hydroxyl groups is 1. The molecule has 2 saturated heterocycles. The van der Waals surface area contributed by atoms with Crippen LogP contribution in [0.3, 0.4) is 0 Å². The molecule has 3 fully saturated rings. The number of aromatic nitrogens is 2. The summed E-state index contributed by atoms with van der Waals surface area (Å²) >= 11 is 0. The molecule has 200 valence electrons. The van der Waals surface area contributed by atoms with Crippen molar-refractivity contribution in [2.75, 3.05) is 64.2 Å². The van der Waals surface area contributed by atoms with E-state index in [1.54, 1.807) is 7.11 Å². The van der Waals surface area contributed by atoms with Gasteiger partial charge in [0.25, 0.3) is 0 Å². The van der Waals surface area contributed by atoms with Crippen LogP contribution in [0.5, 0.6) is 5.75 Å². The Hall–Kier alpha value is -2.60. The molecule has 0 radical (unpaired) electrons. The third kappa shape index (κ3) is 5.64. The zero-order valence-corrected chi connectivity index (χ0v) is 23.0. The molecular weight excluding hydrogens is 464 g/mol. The number of fused-ring (bicyclic) bond motifs is 2. The third-order valence-electron chi connectivity index (χ3n) is 8.26.